The van der Waals surface area contributed by atoms with Crippen LogP contribution in [0.4, 0.5) is 23.4 Å². The molecule has 0 saturated heterocycles. The fraction of sp³-hybridized carbons (Fsp3) is 0.333. The quantitative estimate of drug-likeness (QED) is 0.829. The Morgan fingerprint density at radius 2 is 2.06 bits per heavy atom. The fourth-order valence-corrected chi connectivity index (χ4v) is 0.944. The van der Waals surface area contributed by atoms with Crippen LogP contribution < -0.4 is 11.1 Å². The summed E-state index contributed by atoms with van der Waals surface area (Å²) in [7, 11) is 0. The molecule has 0 aliphatic carbocycles. The zero-order chi connectivity index (χ0) is 13.1. The molecular weight excluding hydrogens is 278 g/mol. The maximum atomic E-state index is 12.5. The van der Waals surface area contributed by atoms with Crippen molar-refractivity contribution in [1.29, 1.82) is 0 Å². The van der Waals surface area contributed by atoms with Crippen LogP contribution in [0.15, 0.2) is 18.2 Å². The van der Waals surface area contributed by atoms with Gasteiger partial charge < -0.3 is 11.1 Å². The minimum Gasteiger partial charge on any atom is -0.384 e. The molecule has 4 nitrogen and oxygen atoms in total. The number of carbonyl (C=O) groups excluding carboxylic acids is 1. The predicted octanol–water partition coefficient (Wildman–Crippen LogP) is 1.72. The first kappa shape index (κ1) is 16.4. The highest BCUT2D eigenvalue weighted by Crippen LogP contribution is 2.21. The van der Waals surface area contributed by atoms with E-state index in [0.29, 0.717) is 0 Å². The van der Waals surface area contributed by atoms with Gasteiger partial charge in [-0.05, 0) is 12.1 Å². The standard InChI is InChI=1S/C9H9F4N3O.ClH/c10-8(11)9(12,13)4-15-7(17)5-2-1-3-6(14)16-5;/h1-3,8H,4H2,(H2,14,16)(H,15,17);1H. The molecule has 1 amide bonds. The summed E-state index contributed by atoms with van der Waals surface area (Å²) >= 11 is 0. The minimum absolute atomic E-state index is 0. The first-order chi connectivity index (χ1) is 7.83. The Labute approximate surface area is 106 Å². The van der Waals surface area contributed by atoms with Crippen molar-refractivity contribution in [1.82, 2.24) is 10.3 Å². The molecule has 1 heterocycles. The van der Waals surface area contributed by atoms with Crippen molar-refractivity contribution < 1.29 is 22.4 Å². The second-order valence-corrected chi connectivity index (χ2v) is 3.19. The summed E-state index contributed by atoms with van der Waals surface area (Å²) in [6.45, 7) is -1.46. The highest BCUT2D eigenvalue weighted by molar-refractivity contribution is 5.92. The number of nitrogens with two attached hydrogens (primary N) is 1. The number of nitrogens with one attached hydrogen (secondary N) is 1. The number of alkyl halides is 4. The molecule has 3 N–H and O–H groups in total. The molecule has 0 aromatic carbocycles. The SMILES string of the molecule is Cl.Nc1cccc(C(=O)NCC(F)(F)C(F)F)n1. The van der Waals surface area contributed by atoms with Gasteiger partial charge in [0.2, 0.25) is 0 Å². The Bertz CT molecular complexity index is 417. The number of nitrogen functional groups attached to an aromatic ring is 1. The van der Waals surface area contributed by atoms with Gasteiger partial charge in [-0.25, -0.2) is 13.8 Å². The van der Waals surface area contributed by atoms with Crippen molar-refractivity contribution in [2.24, 2.45) is 0 Å². The van der Waals surface area contributed by atoms with Crippen LogP contribution in [0.2, 0.25) is 0 Å². The van der Waals surface area contributed by atoms with Crippen LogP contribution in [-0.2, 0) is 0 Å². The molecule has 0 unspecified atom stereocenters. The monoisotopic (exact) mass is 287 g/mol. The molecule has 1 aromatic rings. The molecule has 9 heteroatoms. The van der Waals surface area contributed by atoms with Crippen molar-refractivity contribution in [3.63, 3.8) is 0 Å². The zero-order valence-corrected chi connectivity index (χ0v) is 9.69. The summed E-state index contributed by atoms with van der Waals surface area (Å²) in [5, 5.41) is 1.66. The summed E-state index contributed by atoms with van der Waals surface area (Å²) < 4.78 is 48.6. The third kappa shape index (κ3) is 4.36. The Balaban J connectivity index is 0.00000289. The number of amides is 1. The van der Waals surface area contributed by atoms with E-state index in [0.717, 1.165) is 0 Å². The van der Waals surface area contributed by atoms with E-state index in [9.17, 15) is 22.4 Å². The first-order valence-corrected chi connectivity index (χ1v) is 4.49. The molecule has 102 valence electrons. The highest BCUT2D eigenvalue weighted by Gasteiger charge is 2.40. The van der Waals surface area contributed by atoms with Gasteiger partial charge in [-0.1, -0.05) is 6.07 Å². The maximum Gasteiger partial charge on any atom is 0.324 e. The van der Waals surface area contributed by atoms with Gasteiger partial charge in [-0.2, -0.15) is 8.78 Å². The van der Waals surface area contributed by atoms with Crippen LogP contribution in [0.3, 0.4) is 0 Å². The van der Waals surface area contributed by atoms with E-state index in [1.165, 1.54) is 18.2 Å². The van der Waals surface area contributed by atoms with Gasteiger partial charge >= 0.3 is 12.3 Å². The lowest BCUT2D eigenvalue weighted by molar-refractivity contribution is -0.123. The highest BCUT2D eigenvalue weighted by atomic mass is 35.5. The molecule has 0 spiro atoms. The second kappa shape index (κ2) is 6.39. The zero-order valence-electron chi connectivity index (χ0n) is 8.87. The number of halogens is 5. The smallest absolute Gasteiger partial charge is 0.324 e. The van der Waals surface area contributed by atoms with Gasteiger partial charge in [0.05, 0.1) is 6.54 Å². The number of aromatic nitrogens is 1. The summed E-state index contributed by atoms with van der Waals surface area (Å²) in [4.78, 5) is 14.8. The Kier molecular flexibility index (Phi) is 5.83. The molecule has 0 aliphatic heterocycles. The Morgan fingerprint density at radius 3 is 2.56 bits per heavy atom. The molecule has 18 heavy (non-hydrogen) atoms. The third-order valence-electron chi connectivity index (χ3n) is 1.81. The summed E-state index contributed by atoms with van der Waals surface area (Å²) in [5.41, 5.74) is 5.05. The molecule has 0 radical (unpaired) electrons. The second-order valence-electron chi connectivity index (χ2n) is 3.19. The molecule has 0 fully saturated rings. The van der Waals surface area contributed by atoms with Crippen molar-refractivity contribution >= 4 is 24.1 Å². The fourth-order valence-electron chi connectivity index (χ4n) is 0.944. The largest absolute Gasteiger partial charge is 0.384 e. The lowest BCUT2D eigenvalue weighted by Crippen LogP contribution is -2.41. The molecule has 1 aromatic heterocycles. The van der Waals surface area contributed by atoms with Crippen LogP contribution in [0.25, 0.3) is 0 Å². The molecule has 0 aliphatic rings. The van der Waals surface area contributed by atoms with E-state index in [4.69, 9.17) is 5.73 Å². The van der Waals surface area contributed by atoms with Gasteiger partial charge in [0.25, 0.3) is 5.91 Å². The van der Waals surface area contributed by atoms with Crippen molar-refractivity contribution in [3.8, 4) is 0 Å². The number of nitrogens with zero attached hydrogens (tertiary/aromatic N) is 1. The summed E-state index contributed by atoms with van der Waals surface area (Å²) in [5.74, 6) is -5.23. The van der Waals surface area contributed by atoms with Crippen molar-refractivity contribution in [2.45, 2.75) is 12.3 Å². The van der Waals surface area contributed by atoms with E-state index in [1.807, 2.05) is 0 Å². The number of anilines is 1. The Hall–Kier alpha value is -1.57. The lowest BCUT2D eigenvalue weighted by Gasteiger charge is -2.15. The number of carbonyl (C=O) groups is 1. The minimum atomic E-state index is -4.27. The number of rotatable bonds is 4. The van der Waals surface area contributed by atoms with Crippen LogP contribution in [-0.4, -0.2) is 29.8 Å². The van der Waals surface area contributed by atoms with Gasteiger partial charge in [-0.3, -0.25) is 4.79 Å². The number of hydrogen-bond donors (Lipinski definition) is 2. The number of pyridine rings is 1. The average molecular weight is 288 g/mol. The average Bonchev–Trinajstić information content (AvgIpc) is 2.25. The number of hydrogen-bond acceptors (Lipinski definition) is 3. The first-order valence-electron chi connectivity index (χ1n) is 4.49. The molecule has 0 bridgehead atoms. The van der Waals surface area contributed by atoms with Gasteiger partial charge in [-0.15, -0.1) is 12.4 Å². The molecule has 1 rings (SSSR count). The van der Waals surface area contributed by atoms with E-state index in [-0.39, 0.29) is 23.9 Å². The Morgan fingerprint density at radius 1 is 1.44 bits per heavy atom. The lowest BCUT2D eigenvalue weighted by atomic mass is 10.3. The van der Waals surface area contributed by atoms with Crippen molar-refractivity contribution in [2.75, 3.05) is 12.3 Å². The molecule has 0 saturated carbocycles. The van der Waals surface area contributed by atoms with E-state index >= 15 is 0 Å². The molecule has 0 atom stereocenters. The van der Waals surface area contributed by atoms with Gasteiger partial charge in [0, 0.05) is 0 Å². The van der Waals surface area contributed by atoms with E-state index in [2.05, 4.69) is 4.98 Å². The summed E-state index contributed by atoms with van der Waals surface area (Å²) in [6, 6.07) is 4.01. The third-order valence-corrected chi connectivity index (χ3v) is 1.81. The van der Waals surface area contributed by atoms with Crippen LogP contribution in [0, 0.1) is 0 Å². The van der Waals surface area contributed by atoms with Gasteiger partial charge in [0.15, 0.2) is 0 Å². The predicted molar refractivity (Wildman–Crippen MR) is 59.2 cm³/mol. The van der Waals surface area contributed by atoms with Crippen molar-refractivity contribution in [3.05, 3.63) is 23.9 Å². The summed E-state index contributed by atoms with van der Waals surface area (Å²) in [6.07, 6.45) is -3.84. The van der Waals surface area contributed by atoms with Gasteiger partial charge in [0.1, 0.15) is 11.5 Å². The van der Waals surface area contributed by atoms with E-state index in [1.54, 1.807) is 5.32 Å². The topological polar surface area (TPSA) is 68.0 Å². The van der Waals surface area contributed by atoms with Crippen LogP contribution in [0.1, 0.15) is 10.5 Å². The molecular formula is C9H10ClF4N3O. The maximum absolute atomic E-state index is 12.5. The van der Waals surface area contributed by atoms with E-state index < -0.39 is 24.8 Å². The van der Waals surface area contributed by atoms with Crippen LogP contribution >= 0.6 is 12.4 Å². The van der Waals surface area contributed by atoms with Crippen LogP contribution in [0.5, 0.6) is 0 Å². The normalized spacial score (nSPS) is 10.9.